The third kappa shape index (κ3) is 2.91. The normalized spacial score (nSPS) is 9.95. The monoisotopic (exact) mass is 270 g/mol. The summed E-state index contributed by atoms with van der Waals surface area (Å²) in [5.41, 5.74) is 3.24. The second-order valence-electron chi connectivity index (χ2n) is 4.44. The Balaban J connectivity index is 2.28. The van der Waals surface area contributed by atoms with E-state index in [9.17, 15) is 4.79 Å². The summed E-state index contributed by atoms with van der Waals surface area (Å²) in [5.74, 6) is 0.564. The molecule has 2 aromatic carbocycles. The van der Waals surface area contributed by atoms with Crippen molar-refractivity contribution in [2.24, 2.45) is 0 Å². The number of aryl methyl sites for hydroxylation is 1. The van der Waals surface area contributed by atoms with Crippen LogP contribution in [0.15, 0.2) is 42.5 Å². The maximum Gasteiger partial charge on any atom is 0.255 e. The van der Waals surface area contributed by atoms with Crippen LogP contribution in [0.2, 0.25) is 0 Å². The molecule has 0 aliphatic carbocycles. The van der Waals surface area contributed by atoms with E-state index in [1.165, 1.54) is 0 Å². The van der Waals surface area contributed by atoms with Gasteiger partial charge >= 0.3 is 0 Å². The van der Waals surface area contributed by atoms with Gasteiger partial charge in [-0.3, -0.25) is 4.79 Å². The van der Waals surface area contributed by atoms with Crippen LogP contribution in [0.25, 0.3) is 0 Å². The zero-order valence-corrected chi connectivity index (χ0v) is 11.9. The third-order valence-electron chi connectivity index (χ3n) is 3.10. The molecule has 0 radical (unpaired) electrons. The molecular weight excluding hydrogens is 252 g/mol. The molecule has 2 rings (SSSR count). The number of hydrogen-bond donors (Lipinski definition) is 2. The largest absolute Gasteiger partial charge is 0.495 e. The molecular formula is C16H18N2O2. The summed E-state index contributed by atoms with van der Waals surface area (Å²) in [6.45, 7) is 1.95. The van der Waals surface area contributed by atoms with Crippen LogP contribution in [0.3, 0.4) is 0 Å². The van der Waals surface area contributed by atoms with E-state index in [0.717, 1.165) is 16.9 Å². The Hall–Kier alpha value is -2.49. The van der Waals surface area contributed by atoms with Gasteiger partial charge < -0.3 is 15.4 Å². The maximum absolute atomic E-state index is 12.2. The predicted molar refractivity (Wildman–Crippen MR) is 81.7 cm³/mol. The third-order valence-corrected chi connectivity index (χ3v) is 3.10. The highest BCUT2D eigenvalue weighted by molar-refractivity contribution is 6.04. The molecule has 2 aromatic rings. The highest BCUT2D eigenvalue weighted by Gasteiger charge is 2.10. The highest BCUT2D eigenvalue weighted by Crippen LogP contribution is 2.31. The lowest BCUT2D eigenvalue weighted by molar-refractivity contribution is 0.102. The number of hydrogen-bond acceptors (Lipinski definition) is 3. The molecule has 0 aliphatic rings. The van der Waals surface area contributed by atoms with Gasteiger partial charge in [0.05, 0.1) is 12.8 Å². The number of rotatable bonds is 4. The fourth-order valence-electron chi connectivity index (χ4n) is 1.97. The number of amides is 1. The molecule has 0 atom stereocenters. The highest BCUT2D eigenvalue weighted by atomic mass is 16.5. The summed E-state index contributed by atoms with van der Waals surface area (Å²) < 4.78 is 5.31. The lowest BCUT2D eigenvalue weighted by atomic mass is 10.1. The van der Waals surface area contributed by atoms with Gasteiger partial charge in [0, 0.05) is 24.4 Å². The standard InChI is InChI=1S/C16H18N2O2/c1-11-9-14(17-2)15(20-3)10-13(11)18-16(19)12-7-5-4-6-8-12/h4-10,17H,1-3H3,(H,18,19). The van der Waals surface area contributed by atoms with Crippen LogP contribution in [-0.4, -0.2) is 20.1 Å². The summed E-state index contributed by atoms with van der Waals surface area (Å²) in [4.78, 5) is 12.2. The summed E-state index contributed by atoms with van der Waals surface area (Å²) in [6, 6.07) is 12.9. The Morgan fingerprint density at radius 1 is 1.10 bits per heavy atom. The summed E-state index contributed by atoms with van der Waals surface area (Å²) in [7, 11) is 3.44. The average molecular weight is 270 g/mol. The smallest absolute Gasteiger partial charge is 0.255 e. The van der Waals surface area contributed by atoms with Crippen LogP contribution < -0.4 is 15.4 Å². The van der Waals surface area contributed by atoms with Gasteiger partial charge in [0.25, 0.3) is 5.91 Å². The molecule has 0 saturated heterocycles. The SMILES string of the molecule is CNc1cc(C)c(NC(=O)c2ccccc2)cc1OC. The fraction of sp³-hybridized carbons (Fsp3) is 0.188. The number of carbonyl (C=O) groups is 1. The molecule has 0 spiro atoms. The first kappa shape index (κ1) is 13.9. The van der Waals surface area contributed by atoms with Crippen molar-refractivity contribution in [2.75, 3.05) is 24.8 Å². The van der Waals surface area contributed by atoms with Crippen LogP contribution in [0, 0.1) is 6.92 Å². The average Bonchev–Trinajstić information content (AvgIpc) is 2.49. The van der Waals surface area contributed by atoms with Gasteiger partial charge in [0.15, 0.2) is 0 Å². The van der Waals surface area contributed by atoms with Crippen molar-refractivity contribution in [3.8, 4) is 5.75 Å². The quantitative estimate of drug-likeness (QED) is 0.896. The van der Waals surface area contributed by atoms with E-state index in [1.807, 2.05) is 44.3 Å². The van der Waals surface area contributed by atoms with E-state index in [1.54, 1.807) is 19.2 Å². The van der Waals surface area contributed by atoms with Crippen molar-refractivity contribution in [3.05, 3.63) is 53.6 Å². The van der Waals surface area contributed by atoms with E-state index < -0.39 is 0 Å². The van der Waals surface area contributed by atoms with E-state index in [-0.39, 0.29) is 5.91 Å². The Kier molecular flexibility index (Phi) is 4.25. The van der Waals surface area contributed by atoms with Crippen molar-refractivity contribution in [1.29, 1.82) is 0 Å². The molecule has 0 aromatic heterocycles. The molecule has 0 unspecified atom stereocenters. The van der Waals surface area contributed by atoms with Gasteiger partial charge in [-0.1, -0.05) is 18.2 Å². The number of methoxy groups -OCH3 is 1. The van der Waals surface area contributed by atoms with E-state index in [0.29, 0.717) is 11.3 Å². The zero-order chi connectivity index (χ0) is 14.5. The lowest BCUT2D eigenvalue weighted by Gasteiger charge is -2.14. The molecule has 4 heteroatoms. The van der Waals surface area contributed by atoms with Crippen molar-refractivity contribution < 1.29 is 9.53 Å². The van der Waals surface area contributed by atoms with Gasteiger partial charge in [-0.25, -0.2) is 0 Å². The van der Waals surface area contributed by atoms with Crippen LogP contribution >= 0.6 is 0 Å². The second kappa shape index (κ2) is 6.10. The van der Waals surface area contributed by atoms with Gasteiger partial charge in [-0.15, -0.1) is 0 Å². The molecule has 104 valence electrons. The van der Waals surface area contributed by atoms with Gasteiger partial charge in [-0.2, -0.15) is 0 Å². The number of nitrogens with one attached hydrogen (secondary N) is 2. The van der Waals surface area contributed by atoms with Crippen LogP contribution in [-0.2, 0) is 0 Å². The molecule has 2 N–H and O–H groups in total. The molecule has 0 aliphatic heterocycles. The van der Waals surface area contributed by atoms with Gasteiger partial charge in [0.1, 0.15) is 5.75 Å². The summed E-state index contributed by atoms with van der Waals surface area (Å²) in [6.07, 6.45) is 0. The fourth-order valence-corrected chi connectivity index (χ4v) is 1.97. The second-order valence-corrected chi connectivity index (χ2v) is 4.44. The number of anilines is 2. The summed E-state index contributed by atoms with van der Waals surface area (Å²) >= 11 is 0. The van der Waals surface area contributed by atoms with Crippen LogP contribution in [0.1, 0.15) is 15.9 Å². The minimum atomic E-state index is -0.132. The molecule has 4 nitrogen and oxygen atoms in total. The molecule has 0 saturated carbocycles. The Morgan fingerprint density at radius 2 is 1.80 bits per heavy atom. The van der Waals surface area contributed by atoms with Gasteiger partial charge in [0.2, 0.25) is 0 Å². The van der Waals surface area contributed by atoms with E-state index >= 15 is 0 Å². The number of carbonyl (C=O) groups excluding carboxylic acids is 1. The van der Waals surface area contributed by atoms with Crippen molar-refractivity contribution >= 4 is 17.3 Å². The van der Waals surface area contributed by atoms with Gasteiger partial charge in [-0.05, 0) is 30.7 Å². The Bertz CT molecular complexity index is 609. The first-order valence-electron chi connectivity index (χ1n) is 6.38. The molecule has 0 heterocycles. The van der Waals surface area contributed by atoms with Crippen LogP contribution in [0.5, 0.6) is 5.75 Å². The van der Waals surface area contributed by atoms with E-state index in [4.69, 9.17) is 4.74 Å². The Labute approximate surface area is 118 Å². The van der Waals surface area contributed by atoms with Crippen molar-refractivity contribution in [3.63, 3.8) is 0 Å². The first-order chi connectivity index (χ1) is 9.65. The van der Waals surface area contributed by atoms with Crippen LogP contribution in [0.4, 0.5) is 11.4 Å². The molecule has 0 fully saturated rings. The minimum Gasteiger partial charge on any atom is -0.495 e. The summed E-state index contributed by atoms with van der Waals surface area (Å²) in [5, 5.41) is 5.97. The van der Waals surface area contributed by atoms with E-state index in [2.05, 4.69) is 10.6 Å². The maximum atomic E-state index is 12.2. The zero-order valence-electron chi connectivity index (χ0n) is 11.9. The van der Waals surface area contributed by atoms with Crippen molar-refractivity contribution in [2.45, 2.75) is 6.92 Å². The molecule has 0 bridgehead atoms. The Morgan fingerprint density at radius 3 is 2.40 bits per heavy atom. The lowest BCUT2D eigenvalue weighted by Crippen LogP contribution is -2.13. The number of ether oxygens (including phenoxy) is 1. The molecule has 20 heavy (non-hydrogen) atoms. The molecule has 1 amide bonds. The minimum absolute atomic E-state index is 0.132. The topological polar surface area (TPSA) is 50.4 Å². The first-order valence-corrected chi connectivity index (χ1v) is 6.38. The predicted octanol–water partition coefficient (Wildman–Crippen LogP) is 3.30. The number of benzene rings is 2. The van der Waals surface area contributed by atoms with Crippen molar-refractivity contribution in [1.82, 2.24) is 0 Å².